The molecule has 1 unspecified atom stereocenters. The Hall–Kier alpha value is -1.28. The summed E-state index contributed by atoms with van der Waals surface area (Å²) in [6.07, 6.45) is 2.43. The monoisotopic (exact) mass is 162 g/mol. The Morgan fingerprint density at radius 2 is 2.42 bits per heavy atom. The molecule has 1 aliphatic carbocycles. The van der Waals surface area contributed by atoms with Gasteiger partial charge in [-0.1, -0.05) is 24.3 Å². The molecular formula is C10H11NO. The summed E-state index contributed by atoms with van der Waals surface area (Å²) in [6, 6.07) is 5.26. The van der Waals surface area contributed by atoms with E-state index in [1.807, 2.05) is 6.08 Å². The average molecular weight is 162 g/mol. The second-order valence-corrected chi connectivity index (χ2v) is 2.86. The van der Waals surface area contributed by atoms with Crippen LogP contribution in [0.1, 0.15) is 25.0 Å². The maximum Gasteiger partial charge on any atom is 0.0831 e. The summed E-state index contributed by atoms with van der Waals surface area (Å²) < 4.78 is 7.65. The molecule has 1 aromatic carbocycles. The van der Waals surface area contributed by atoms with Gasteiger partial charge in [-0.05, 0) is 18.1 Å². The van der Waals surface area contributed by atoms with Crippen LogP contribution in [0.25, 0.3) is 6.08 Å². The number of benzene rings is 1. The standard InChI is InChI=1S/C10H11NO/c11-9-5-1-4-8-7(9)3-2-6-10(8)12/h1-5,10,12H,6,11H2/i10D. The largest absolute Gasteiger partial charge is 0.398 e. The van der Waals surface area contributed by atoms with Crippen molar-refractivity contribution in [2.45, 2.75) is 12.5 Å². The molecule has 62 valence electrons. The van der Waals surface area contributed by atoms with Crippen molar-refractivity contribution in [3.8, 4) is 0 Å². The normalized spacial score (nSPS) is 27.9. The van der Waals surface area contributed by atoms with E-state index in [1.54, 1.807) is 24.3 Å². The summed E-state index contributed by atoms with van der Waals surface area (Å²) in [5.74, 6) is 0. The van der Waals surface area contributed by atoms with Crippen LogP contribution in [0, 0.1) is 0 Å². The first-order chi connectivity index (χ1) is 6.11. The maximum absolute atomic E-state index is 9.71. The molecule has 0 aliphatic heterocycles. The quantitative estimate of drug-likeness (QED) is 0.570. The number of aliphatic hydroxyl groups is 1. The highest BCUT2D eigenvalue weighted by Crippen LogP contribution is 2.30. The predicted molar refractivity (Wildman–Crippen MR) is 49.5 cm³/mol. The number of nitrogen functional groups attached to an aromatic ring is 1. The summed E-state index contributed by atoms with van der Waals surface area (Å²) in [7, 11) is 0. The van der Waals surface area contributed by atoms with Crippen molar-refractivity contribution in [1.82, 2.24) is 0 Å². The lowest BCUT2D eigenvalue weighted by Crippen LogP contribution is -2.04. The van der Waals surface area contributed by atoms with Crippen LogP contribution in [0.15, 0.2) is 24.3 Å². The molecule has 0 heterocycles. The highest BCUT2D eigenvalue weighted by Gasteiger charge is 2.14. The molecule has 2 rings (SSSR count). The van der Waals surface area contributed by atoms with E-state index in [-0.39, 0.29) is 0 Å². The first-order valence-corrected chi connectivity index (χ1v) is 3.89. The van der Waals surface area contributed by atoms with Crippen molar-refractivity contribution in [3.05, 3.63) is 35.4 Å². The number of nitrogens with two attached hydrogens (primary N) is 1. The van der Waals surface area contributed by atoms with Crippen LogP contribution in [-0.4, -0.2) is 5.11 Å². The maximum atomic E-state index is 9.71. The Balaban J connectivity index is 2.67. The number of hydrogen-bond donors (Lipinski definition) is 2. The molecule has 0 spiro atoms. The van der Waals surface area contributed by atoms with Gasteiger partial charge in [0.1, 0.15) is 0 Å². The molecule has 0 bridgehead atoms. The molecule has 2 heteroatoms. The summed E-state index contributed by atoms with van der Waals surface area (Å²) in [5, 5.41) is 9.71. The summed E-state index contributed by atoms with van der Waals surface area (Å²) in [6.45, 7) is 0. The van der Waals surface area contributed by atoms with Crippen LogP contribution in [-0.2, 0) is 0 Å². The highest BCUT2D eigenvalue weighted by atomic mass is 16.3. The molecule has 0 saturated heterocycles. The predicted octanol–water partition coefficient (Wildman–Crippen LogP) is 1.72. The molecular weight excluding hydrogens is 150 g/mol. The number of rotatable bonds is 0. The van der Waals surface area contributed by atoms with Gasteiger partial charge in [-0.3, -0.25) is 0 Å². The van der Waals surface area contributed by atoms with Crippen molar-refractivity contribution in [3.63, 3.8) is 0 Å². The van der Waals surface area contributed by atoms with Crippen molar-refractivity contribution in [2.75, 3.05) is 5.73 Å². The minimum atomic E-state index is -1.51. The Bertz CT molecular complexity index is 371. The zero-order valence-electron chi connectivity index (χ0n) is 7.62. The summed E-state index contributed by atoms with van der Waals surface area (Å²) >= 11 is 0. The Morgan fingerprint density at radius 3 is 3.17 bits per heavy atom. The van der Waals surface area contributed by atoms with Crippen LogP contribution in [0.5, 0.6) is 0 Å². The molecule has 0 radical (unpaired) electrons. The Kier molecular flexibility index (Phi) is 1.38. The Labute approximate surface area is 72.7 Å². The Morgan fingerprint density at radius 1 is 1.58 bits per heavy atom. The first kappa shape index (κ1) is 6.26. The molecule has 1 aliphatic rings. The van der Waals surface area contributed by atoms with E-state index in [9.17, 15) is 5.11 Å². The van der Waals surface area contributed by atoms with Crippen LogP contribution in [0.3, 0.4) is 0 Å². The van der Waals surface area contributed by atoms with Gasteiger partial charge in [-0.2, -0.15) is 0 Å². The molecule has 3 N–H and O–H groups in total. The topological polar surface area (TPSA) is 46.2 Å². The molecule has 0 saturated carbocycles. The zero-order chi connectivity index (χ0) is 9.47. The van der Waals surface area contributed by atoms with Gasteiger partial charge in [-0.25, -0.2) is 0 Å². The zero-order valence-corrected chi connectivity index (χ0v) is 6.62. The molecule has 2 nitrogen and oxygen atoms in total. The minimum absolute atomic E-state index is 0.323. The molecule has 1 aromatic rings. The van der Waals surface area contributed by atoms with Crippen molar-refractivity contribution < 1.29 is 6.48 Å². The van der Waals surface area contributed by atoms with Gasteiger partial charge in [0.15, 0.2) is 0 Å². The highest BCUT2D eigenvalue weighted by molar-refractivity contribution is 5.69. The van der Waals surface area contributed by atoms with Crippen LogP contribution < -0.4 is 5.73 Å². The van der Waals surface area contributed by atoms with Gasteiger partial charge in [0.2, 0.25) is 0 Å². The fourth-order valence-electron chi connectivity index (χ4n) is 1.42. The SMILES string of the molecule is [2H]C1(O)CC=Cc2c(N)cccc21. The summed E-state index contributed by atoms with van der Waals surface area (Å²) in [5.41, 5.74) is 7.69. The van der Waals surface area contributed by atoms with Gasteiger partial charge in [0.05, 0.1) is 7.45 Å². The number of fused-ring (bicyclic) bond motifs is 1. The lowest BCUT2D eigenvalue weighted by Gasteiger charge is -2.17. The van der Waals surface area contributed by atoms with Gasteiger partial charge in [-0.15, -0.1) is 0 Å². The molecule has 0 fully saturated rings. The van der Waals surface area contributed by atoms with Gasteiger partial charge < -0.3 is 10.8 Å². The molecule has 12 heavy (non-hydrogen) atoms. The first-order valence-electron chi connectivity index (χ1n) is 4.39. The van der Waals surface area contributed by atoms with Crippen molar-refractivity contribution >= 4 is 11.8 Å². The molecule has 1 atom stereocenters. The van der Waals surface area contributed by atoms with Crippen LogP contribution in [0.4, 0.5) is 5.69 Å². The van der Waals surface area contributed by atoms with Crippen molar-refractivity contribution in [2.24, 2.45) is 0 Å². The fourth-order valence-corrected chi connectivity index (χ4v) is 1.42. The van der Waals surface area contributed by atoms with Gasteiger partial charge in [0, 0.05) is 11.3 Å². The fraction of sp³-hybridized carbons (Fsp3) is 0.200. The third-order valence-electron chi connectivity index (χ3n) is 2.05. The molecule has 0 aromatic heterocycles. The second-order valence-electron chi connectivity index (χ2n) is 2.86. The van der Waals surface area contributed by atoms with Crippen molar-refractivity contribution in [1.29, 1.82) is 0 Å². The van der Waals surface area contributed by atoms with E-state index in [1.165, 1.54) is 0 Å². The number of anilines is 1. The average Bonchev–Trinajstić information content (AvgIpc) is 2.06. The van der Waals surface area contributed by atoms with E-state index < -0.39 is 6.08 Å². The lowest BCUT2D eigenvalue weighted by atomic mass is 9.94. The van der Waals surface area contributed by atoms with E-state index in [0.717, 1.165) is 5.56 Å². The molecule has 0 amide bonds. The smallest absolute Gasteiger partial charge is 0.0831 e. The van der Waals surface area contributed by atoms with E-state index in [4.69, 9.17) is 7.10 Å². The minimum Gasteiger partial charge on any atom is -0.398 e. The van der Waals surface area contributed by atoms with Gasteiger partial charge in [0.25, 0.3) is 0 Å². The summed E-state index contributed by atoms with van der Waals surface area (Å²) in [4.78, 5) is 0. The number of hydrogen-bond acceptors (Lipinski definition) is 2. The second kappa shape index (κ2) is 2.64. The van der Waals surface area contributed by atoms with Gasteiger partial charge >= 0.3 is 0 Å². The third-order valence-corrected chi connectivity index (χ3v) is 2.05. The lowest BCUT2D eigenvalue weighted by molar-refractivity contribution is 0.180. The van der Waals surface area contributed by atoms with E-state index >= 15 is 0 Å². The van der Waals surface area contributed by atoms with Crippen LogP contribution in [0.2, 0.25) is 0 Å². The van der Waals surface area contributed by atoms with E-state index in [0.29, 0.717) is 17.7 Å². The van der Waals surface area contributed by atoms with E-state index in [2.05, 4.69) is 0 Å². The third kappa shape index (κ3) is 1.01. The van der Waals surface area contributed by atoms with Crippen LogP contribution >= 0.6 is 0 Å².